The van der Waals surface area contributed by atoms with Crippen molar-refractivity contribution in [3.63, 3.8) is 0 Å². The largest absolute Gasteiger partial charge is 0.455 e. The SMILES string of the molecule is O=C(OC1(C(O)(C(F)(F)F)C(F)(F)F)CCCC1)C1CC2CCC1C2. The van der Waals surface area contributed by atoms with Crippen molar-refractivity contribution < 1.29 is 41.0 Å². The van der Waals surface area contributed by atoms with Crippen LogP contribution in [0.2, 0.25) is 0 Å². The number of carbonyl (C=O) groups excluding carboxylic acids is 1. The first kappa shape index (κ1) is 18.8. The molecule has 1 N–H and O–H groups in total. The van der Waals surface area contributed by atoms with Gasteiger partial charge in [0.25, 0.3) is 5.60 Å². The summed E-state index contributed by atoms with van der Waals surface area (Å²) in [6.45, 7) is 0. The molecule has 3 aliphatic carbocycles. The molecule has 0 radical (unpaired) electrons. The topological polar surface area (TPSA) is 46.5 Å². The Hall–Kier alpha value is -0.990. The first-order valence-electron chi connectivity index (χ1n) is 8.50. The number of hydrogen-bond donors (Lipinski definition) is 1. The number of hydrogen-bond acceptors (Lipinski definition) is 3. The lowest BCUT2D eigenvalue weighted by molar-refractivity contribution is -0.412. The van der Waals surface area contributed by atoms with E-state index in [4.69, 9.17) is 4.74 Å². The van der Waals surface area contributed by atoms with Crippen LogP contribution >= 0.6 is 0 Å². The Labute approximate surface area is 140 Å². The quantitative estimate of drug-likeness (QED) is 0.597. The molecular weight excluding hydrogens is 354 g/mol. The van der Waals surface area contributed by atoms with E-state index in [-0.39, 0.29) is 24.7 Å². The summed E-state index contributed by atoms with van der Waals surface area (Å²) in [5.74, 6) is -1.45. The molecule has 3 atom stereocenters. The van der Waals surface area contributed by atoms with E-state index >= 15 is 0 Å². The Morgan fingerprint density at radius 1 is 0.960 bits per heavy atom. The summed E-state index contributed by atoms with van der Waals surface area (Å²) in [7, 11) is 0. The highest BCUT2D eigenvalue weighted by molar-refractivity contribution is 5.74. The van der Waals surface area contributed by atoms with Crippen LogP contribution < -0.4 is 0 Å². The molecule has 0 aromatic rings. The third-order valence-electron chi connectivity index (χ3n) is 6.23. The van der Waals surface area contributed by atoms with Crippen molar-refractivity contribution in [2.24, 2.45) is 17.8 Å². The maximum atomic E-state index is 13.3. The van der Waals surface area contributed by atoms with Crippen molar-refractivity contribution in [1.82, 2.24) is 0 Å². The summed E-state index contributed by atoms with van der Waals surface area (Å²) in [6, 6.07) is 0. The number of fused-ring (bicyclic) bond motifs is 2. The maximum absolute atomic E-state index is 13.3. The van der Waals surface area contributed by atoms with E-state index in [1.54, 1.807) is 0 Å². The molecule has 0 amide bonds. The van der Waals surface area contributed by atoms with Crippen molar-refractivity contribution in [1.29, 1.82) is 0 Å². The van der Waals surface area contributed by atoms with Gasteiger partial charge >= 0.3 is 18.3 Å². The summed E-state index contributed by atoms with van der Waals surface area (Å²) in [6.07, 6.45) is -10.4. The number of rotatable bonds is 3. The molecule has 3 saturated carbocycles. The molecule has 3 rings (SSSR count). The molecule has 0 saturated heterocycles. The van der Waals surface area contributed by atoms with E-state index in [0.717, 1.165) is 19.3 Å². The van der Waals surface area contributed by atoms with Gasteiger partial charge in [0.1, 0.15) is 0 Å². The van der Waals surface area contributed by atoms with E-state index < -0.39 is 48.3 Å². The van der Waals surface area contributed by atoms with Crippen molar-refractivity contribution in [2.75, 3.05) is 0 Å². The highest BCUT2D eigenvalue weighted by Gasteiger charge is 2.81. The standard InChI is InChI=1S/C16H20F6O3/c17-15(18,19)14(24,16(20,21)22)13(5-1-2-6-13)25-12(23)11-8-9-3-4-10(11)7-9/h9-11,24H,1-8H2. The molecule has 2 bridgehead atoms. The monoisotopic (exact) mass is 374 g/mol. The summed E-state index contributed by atoms with van der Waals surface area (Å²) in [5, 5.41) is 9.83. The number of halogens is 6. The average Bonchev–Trinajstić information content (AvgIpc) is 3.20. The van der Waals surface area contributed by atoms with E-state index in [1.807, 2.05) is 0 Å². The average molecular weight is 374 g/mol. The van der Waals surface area contributed by atoms with Gasteiger partial charge in [0.2, 0.25) is 0 Å². The number of aliphatic hydroxyl groups is 1. The predicted molar refractivity (Wildman–Crippen MR) is 73.3 cm³/mol. The van der Waals surface area contributed by atoms with Gasteiger partial charge in [-0.1, -0.05) is 6.42 Å². The minimum Gasteiger partial charge on any atom is -0.455 e. The van der Waals surface area contributed by atoms with Crippen LogP contribution in [0.5, 0.6) is 0 Å². The van der Waals surface area contributed by atoms with Crippen LogP contribution in [0, 0.1) is 17.8 Å². The number of ether oxygens (including phenoxy) is 1. The molecule has 3 aliphatic rings. The van der Waals surface area contributed by atoms with Crippen LogP contribution in [0.25, 0.3) is 0 Å². The molecule has 3 unspecified atom stereocenters. The normalized spacial score (nSPS) is 32.2. The Balaban J connectivity index is 1.92. The Morgan fingerprint density at radius 3 is 1.92 bits per heavy atom. The van der Waals surface area contributed by atoms with Crippen LogP contribution in [-0.4, -0.2) is 34.6 Å². The minimum atomic E-state index is -6.00. The first-order chi connectivity index (χ1) is 11.4. The zero-order valence-electron chi connectivity index (χ0n) is 13.4. The summed E-state index contributed by atoms with van der Waals surface area (Å²) in [5.41, 5.74) is -8.06. The van der Waals surface area contributed by atoms with Crippen LogP contribution in [0.1, 0.15) is 51.4 Å². The molecule has 144 valence electrons. The molecule has 0 aliphatic heterocycles. The van der Waals surface area contributed by atoms with Gasteiger partial charge in [-0.2, -0.15) is 26.3 Å². The first-order valence-corrected chi connectivity index (χ1v) is 8.50. The van der Waals surface area contributed by atoms with Crippen molar-refractivity contribution >= 4 is 5.97 Å². The van der Waals surface area contributed by atoms with E-state index in [1.165, 1.54) is 0 Å². The van der Waals surface area contributed by atoms with Gasteiger partial charge in [-0.05, 0) is 56.8 Å². The third kappa shape index (κ3) is 2.73. The molecule has 0 heterocycles. The van der Waals surface area contributed by atoms with Gasteiger partial charge in [-0.3, -0.25) is 4.79 Å². The lowest BCUT2D eigenvalue weighted by atomic mass is 9.79. The smallest absolute Gasteiger partial charge is 0.430 e. The molecule has 9 heteroatoms. The molecule has 3 nitrogen and oxygen atoms in total. The molecule has 0 aromatic heterocycles. The van der Waals surface area contributed by atoms with Gasteiger partial charge in [0.05, 0.1) is 5.92 Å². The summed E-state index contributed by atoms with van der Waals surface area (Å²) >= 11 is 0. The lowest BCUT2D eigenvalue weighted by Gasteiger charge is -2.45. The second-order valence-electron chi connectivity index (χ2n) is 7.61. The Kier molecular flexibility index (Phi) is 4.33. The van der Waals surface area contributed by atoms with Gasteiger partial charge in [0, 0.05) is 0 Å². The lowest BCUT2D eigenvalue weighted by Crippen LogP contribution is -2.71. The Morgan fingerprint density at radius 2 is 1.52 bits per heavy atom. The van der Waals surface area contributed by atoms with Gasteiger partial charge in [0.15, 0.2) is 5.60 Å². The molecule has 25 heavy (non-hydrogen) atoms. The molecule has 3 fully saturated rings. The van der Waals surface area contributed by atoms with Crippen LogP contribution in [0.15, 0.2) is 0 Å². The highest BCUT2D eigenvalue weighted by Crippen LogP contribution is 2.57. The van der Waals surface area contributed by atoms with Crippen molar-refractivity contribution in [3.05, 3.63) is 0 Å². The van der Waals surface area contributed by atoms with E-state index in [2.05, 4.69) is 0 Å². The fraction of sp³-hybridized carbons (Fsp3) is 0.938. The molecule has 0 aromatic carbocycles. The van der Waals surface area contributed by atoms with Crippen molar-refractivity contribution in [2.45, 2.75) is 74.9 Å². The zero-order valence-corrected chi connectivity index (χ0v) is 13.4. The third-order valence-corrected chi connectivity index (χ3v) is 6.23. The van der Waals surface area contributed by atoms with E-state index in [9.17, 15) is 36.2 Å². The van der Waals surface area contributed by atoms with Crippen LogP contribution in [0.4, 0.5) is 26.3 Å². The van der Waals surface area contributed by atoms with Crippen LogP contribution in [0.3, 0.4) is 0 Å². The highest BCUT2D eigenvalue weighted by atomic mass is 19.4. The summed E-state index contributed by atoms with van der Waals surface area (Å²) < 4.78 is 84.8. The maximum Gasteiger partial charge on any atom is 0.430 e. The second kappa shape index (κ2) is 5.76. The van der Waals surface area contributed by atoms with Crippen LogP contribution in [-0.2, 0) is 9.53 Å². The predicted octanol–water partition coefficient (Wildman–Crippen LogP) is 4.13. The van der Waals surface area contributed by atoms with Crippen molar-refractivity contribution in [3.8, 4) is 0 Å². The van der Waals surface area contributed by atoms with Gasteiger partial charge in [-0.15, -0.1) is 0 Å². The zero-order chi connectivity index (χ0) is 18.7. The second-order valence-corrected chi connectivity index (χ2v) is 7.61. The van der Waals surface area contributed by atoms with E-state index in [0.29, 0.717) is 6.42 Å². The number of carbonyl (C=O) groups is 1. The van der Waals surface area contributed by atoms with Gasteiger partial charge in [-0.25, -0.2) is 0 Å². The molecular formula is C16H20F6O3. The summed E-state index contributed by atoms with van der Waals surface area (Å²) in [4.78, 5) is 12.4. The Bertz CT molecular complexity index is 521. The molecule has 0 spiro atoms. The minimum absolute atomic E-state index is 0.0263. The number of alkyl halides is 6. The number of esters is 1. The fourth-order valence-electron chi connectivity index (χ4n) is 4.96. The fourth-order valence-corrected chi connectivity index (χ4v) is 4.96. The van der Waals surface area contributed by atoms with Gasteiger partial charge < -0.3 is 9.84 Å².